The highest BCUT2D eigenvalue weighted by molar-refractivity contribution is 9.10. The fraction of sp³-hybridized carbons (Fsp3) is 0.250. The Bertz CT molecular complexity index is 613. The number of halogens is 1. The van der Waals surface area contributed by atoms with Crippen LogP contribution < -0.4 is 10.5 Å². The van der Waals surface area contributed by atoms with Gasteiger partial charge in [0.15, 0.2) is 0 Å². The summed E-state index contributed by atoms with van der Waals surface area (Å²) in [6.07, 6.45) is 1.01. The molecule has 0 spiro atoms. The lowest BCUT2D eigenvalue weighted by atomic mass is 10.1. The summed E-state index contributed by atoms with van der Waals surface area (Å²) < 4.78 is 6.89. The van der Waals surface area contributed by atoms with Crippen LogP contribution in [-0.4, -0.2) is 6.61 Å². The van der Waals surface area contributed by atoms with Gasteiger partial charge in [-0.3, -0.25) is 0 Å². The summed E-state index contributed by atoms with van der Waals surface area (Å²) in [5.41, 5.74) is 9.36. The van der Waals surface area contributed by atoms with Gasteiger partial charge in [0.1, 0.15) is 5.75 Å². The molecule has 4 heteroatoms. The molecular weight excluding hydrogens is 334 g/mol. The first-order valence-corrected chi connectivity index (χ1v) is 8.40. The second-order valence-corrected chi connectivity index (χ2v) is 6.75. The van der Waals surface area contributed by atoms with Crippen molar-refractivity contribution in [2.45, 2.75) is 23.6 Å². The fourth-order valence-corrected chi connectivity index (χ4v) is 3.75. The highest BCUT2D eigenvalue weighted by Crippen LogP contribution is 2.36. The zero-order chi connectivity index (χ0) is 13.9. The Labute approximate surface area is 131 Å². The van der Waals surface area contributed by atoms with E-state index in [1.165, 1.54) is 21.6 Å². The van der Waals surface area contributed by atoms with Crippen molar-refractivity contribution in [3.8, 4) is 5.75 Å². The zero-order valence-electron chi connectivity index (χ0n) is 11.1. The molecule has 0 amide bonds. The molecule has 0 bridgehead atoms. The molecule has 0 unspecified atom stereocenters. The van der Waals surface area contributed by atoms with Gasteiger partial charge >= 0.3 is 0 Å². The van der Waals surface area contributed by atoms with Gasteiger partial charge in [-0.15, -0.1) is 11.8 Å². The Morgan fingerprint density at radius 3 is 2.75 bits per heavy atom. The maximum absolute atomic E-state index is 5.76. The summed E-state index contributed by atoms with van der Waals surface area (Å²) in [4.78, 5) is 1.26. The summed E-state index contributed by atoms with van der Waals surface area (Å²) in [5.74, 6) is 2.00. The third kappa shape index (κ3) is 3.03. The lowest BCUT2D eigenvalue weighted by Gasteiger charge is -2.09. The number of hydrogen-bond donors (Lipinski definition) is 1. The van der Waals surface area contributed by atoms with Crippen molar-refractivity contribution in [2.24, 2.45) is 5.73 Å². The van der Waals surface area contributed by atoms with Crippen LogP contribution in [0.1, 0.15) is 16.7 Å². The maximum Gasteiger partial charge on any atom is 0.126 e. The molecular formula is C16H16BrNOS. The summed E-state index contributed by atoms with van der Waals surface area (Å²) in [5, 5.41) is 0. The van der Waals surface area contributed by atoms with E-state index in [9.17, 15) is 0 Å². The summed E-state index contributed by atoms with van der Waals surface area (Å²) in [6, 6.07) is 12.8. The predicted molar refractivity (Wildman–Crippen MR) is 87.2 cm³/mol. The van der Waals surface area contributed by atoms with Crippen LogP contribution in [0, 0.1) is 0 Å². The predicted octanol–water partition coefficient (Wildman–Crippen LogP) is 4.14. The van der Waals surface area contributed by atoms with E-state index in [0.717, 1.165) is 29.0 Å². The van der Waals surface area contributed by atoms with Gasteiger partial charge in [-0.2, -0.15) is 0 Å². The minimum absolute atomic E-state index is 0.595. The molecule has 0 saturated heterocycles. The quantitative estimate of drug-likeness (QED) is 0.842. The van der Waals surface area contributed by atoms with Crippen LogP contribution in [0.5, 0.6) is 5.75 Å². The molecule has 1 aliphatic heterocycles. The van der Waals surface area contributed by atoms with Crippen molar-refractivity contribution >= 4 is 27.7 Å². The molecule has 0 aromatic heterocycles. The van der Waals surface area contributed by atoms with Gasteiger partial charge in [0.2, 0.25) is 0 Å². The number of hydrogen-bond acceptors (Lipinski definition) is 3. The second-order valence-electron chi connectivity index (χ2n) is 4.79. The first-order valence-electron chi connectivity index (χ1n) is 6.62. The molecule has 2 aromatic rings. The number of ether oxygens (including phenoxy) is 1. The molecule has 0 saturated carbocycles. The van der Waals surface area contributed by atoms with Crippen molar-refractivity contribution < 1.29 is 4.74 Å². The van der Waals surface area contributed by atoms with E-state index in [4.69, 9.17) is 10.5 Å². The molecule has 2 aromatic carbocycles. The van der Waals surface area contributed by atoms with Gasteiger partial charge in [0.05, 0.1) is 6.61 Å². The minimum atomic E-state index is 0.595. The molecule has 0 radical (unpaired) electrons. The van der Waals surface area contributed by atoms with Crippen LogP contribution in [-0.2, 0) is 18.7 Å². The van der Waals surface area contributed by atoms with Crippen LogP contribution >= 0.6 is 27.7 Å². The average molecular weight is 350 g/mol. The molecule has 3 rings (SSSR count). The van der Waals surface area contributed by atoms with Crippen LogP contribution in [0.15, 0.2) is 45.8 Å². The van der Waals surface area contributed by atoms with E-state index < -0.39 is 0 Å². The van der Waals surface area contributed by atoms with E-state index in [1.54, 1.807) is 0 Å². The van der Waals surface area contributed by atoms with Crippen molar-refractivity contribution in [3.63, 3.8) is 0 Å². The van der Waals surface area contributed by atoms with Gasteiger partial charge in [-0.1, -0.05) is 28.1 Å². The zero-order valence-corrected chi connectivity index (χ0v) is 13.5. The summed E-state index contributed by atoms with van der Waals surface area (Å²) >= 11 is 5.41. The molecule has 0 aliphatic carbocycles. The van der Waals surface area contributed by atoms with E-state index in [-0.39, 0.29) is 0 Å². The normalized spacial score (nSPS) is 13.1. The molecule has 20 heavy (non-hydrogen) atoms. The Kier molecular flexibility index (Phi) is 4.34. The van der Waals surface area contributed by atoms with Crippen LogP contribution in [0.25, 0.3) is 0 Å². The second kappa shape index (κ2) is 6.20. The maximum atomic E-state index is 5.76. The smallest absolute Gasteiger partial charge is 0.126 e. The standard InChI is InChI=1S/C16H16BrNOS/c17-14-7-12-5-6-19-16(12)13(8-14)10-20-15-3-1-11(9-18)2-4-15/h1-4,7-8H,5-6,9-10,18H2. The van der Waals surface area contributed by atoms with Crippen LogP contribution in [0.3, 0.4) is 0 Å². The average Bonchev–Trinajstić information content (AvgIpc) is 2.93. The fourth-order valence-electron chi connectivity index (χ4n) is 2.34. The van der Waals surface area contributed by atoms with Gasteiger partial charge in [0.25, 0.3) is 0 Å². The first-order chi connectivity index (χ1) is 9.76. The minimum Gasteiger partial charge on any atom is -0.493 e. The van der Waals surface area contributed by atoms with Gasteiger partial charge in [-0.05, 0) is 35.4 Å². The molecule has 104 valence electrons. The Morgan fingerprint density at radius 1 is 1.20 bits per heavy atom. The molecule has 0 fully saturated rings. The third-order valence-electron chi connectivity index (χ3n) is 3.38. The summed E-state index contributed by atoms with van der Waals surface area (Å²) in [7, 11) is 0. The van der Waals surface area contributed by atoms with E-state index >= 15 is 0 Å². The summed E-state index contributed by atoms with van der Waals surface area (Å²) in [6.45, 7) is 1.40. The topological polar surface area (TPSA) is 35.2 Å². The molecule has 2 N–H and O–H groups in total. The van der Waals surface area contributed by atoms with Gasteiger partial charge in [0, 0.05) is 33.7 Å². The number of thioether (sulfide) groups is 1. The first kappa shape index (κ1) is 14.0. The van der Waals surface area contributed by atoms with E-state index in [0.29, 0.717) is 6.54 Å². The Morgan fingerprint density at radius 2 is 2.00 bits per heavy atom. The molecule has 1 aliphatic rings. The highest BCUT2D eigenvalue weighted by atomic mass is 79.9. The number of benzene rings is 2. The number of nitrogens with two attached hydrogens (primary N) is 1. The van der Waals surface area contributed by atoms with Crippen LogP contribution in [0.2, 0.25) is 0 Å². The molecule has 0 atom stereocenters. The van der Waals surface area contributed by atoms with Gasteiger partial charge in [-0.25, -0.2) is 0 Å². The lowest BCUT2D eigenvalue weighted by molar-refractivity contribution is 0.354. The SMILES string of the molecule is NCc1ccc(SCc2cc(Br)cc3c2OCC3)cc1. The van der Waals surface area contributed by atoms with Crippen LogP contribution in [0.4, 0.5) is 0 Å². The largest absolute Gasteiger partial charge is 0.493 e. The Hall–Kier alpha value is -0.970. The van der Waals surface area contributed by atoms with E-state index in [1.807, 2.05) is 11.8 Å². The highest BCUT2D eigenvalue weighted by Gasteiger charge is 2.17. The monoisotopic (exact) mass is 349 g/mol. The van der Waals surface area contributed by atoms with Crippen molar-refractivity contribution in [2.75, 3.05) is 6.61 Å². The number of rotatable bonds is 4. The van der Waals surface area contributed by atoms with E-state index in [2.05, 4.69) is 52.3 Å². The third-order valence-corrected chi connectivity index (χ3v) is 4.90. The van der Waals surface area contributed by atoms with Gasteiger partial charge < -0.3 is 10.5 Å². The number of fused-ring (bicyclic) bond motifs is 1. The Balaban J connectivity index is 1.75. The molecule has 1 heterocycles. The van der Waals surface area contributed by atoms with Crippen molar-refractivity contribution in [3.05, 3.63) is 57.6 Å². The molecule has 2 nitrogen and oxygen atoms in total. The van der Waals surface area contributed by atoms with Crippen molar-refractivity contribution in [1.82, 2.24) is 0 Å². The van der Waals surface area contributed by atoms with Crippen molar-refractivity contribution in [1.29, 1.82) is 0 Å². The lowest BCUT2D eigenvalue weighted by Crippen LogP contribution is -1.95.